The number of pyridine rings is 1. The van der Waals surface area contributed by atoms with E-state index in [-0.39, 0.29) is 6.09 Å². The SMILES string of the molecule is CNC(C#N)c1ccnc(CN(CCCN(C)C)C(=O)OC(C)(C)C)c1. The normalized spacial score (nSPS) is 12.5. The van der Waals surface area contributed by atoms with Crippen LogP contribution in [0.4, 0.5) is 4.79 Å². The summed E-state index contributed by atoms with van der Waals surface area (Å²) in [6.45, 7) is 7.36. The molecule has 0 aliphatic heterocycles. The molecular weight excluding hydrogens is 330 g/mol. The van der Waals surface area contributed by atoms with Gasteiger partial charge >= 0.3 is 6.09 Å². The molecule has 0 fully saturated rings. The van der Waals surface area contributed by atoms with Gasteiger partial charge in [-0.25, -0.2) is 4.79 Å². The molecule has 7 heteroatoms. The molecule has 7 nitrogen and oxygen atoms in total. The van der Waals surface area contributed by atoms with Crippen LogP contribution in [0.3, 0.4) is 0 Å². The first kappa shape index (κ1) is 21.9. The second-order valence-electron chi connectivity index (χ2n) is 7.49. The van der Waals surface area contributed by atoms with E-state index in [2.05, 4.69) is 21.3 Å². The fourth-order valence-corrected chi connectivity index (χ4v) is 2.40. The standard InChI is InChI=1S/C19H31N5O2/c1-19(2,3)26-18(25)24(11-7-10-23(5)6)14-16-12-15(8-9-22-16)17(13-20)21-4/h8-9,12,17,21H,7,10-11,14H2,1-6H3. The van der Waals surface area contributed by atoms with Gasteiger partial charge in [0.2, 0.25) is 0 Å². The minimum Gasteiger partial charge on any atom is -0.444 e. The Kier molecular flexibility index (Phi) is 8.49. The molecule has 0 aliphatic rings. The van der Waals surface area contributed by atoms with Gasteiger partial charge < -0.3 is 19.9 Å². The fourth-order valence-electron chi connectivity index (χ4n) is 2.40. The summed E-state index contributed by atoms with van der Waals surface area (Å²) in [5.41, 5.74) is 1.01. The lowest BCUT2D eigenvalue weighted by molar-refractivity contribution is 0.0226. The summed E-state index contributed by atoms with van der Waals surface area (Å²) in [4.78, 5) is 20.7. The fraction of sp³-hybridized carbons (Fsp3) is 0.632. The average Bonchev–Trinajstić information content (AvgIpc) is 2.53. The molecular formula is C19H31N5O2. The van der Waals surface area contributed by atoms with E-state index in [4.69, 9.17) is 4.74 Å². The molecule has 0 bridgehead atoms. The van der Waals surface area contributed by atoms with Crippen LogP contribution in [0.15, 0.2) is 18.3 Å². The van der Waals surface area contributed by atoms with Crippen molar-refractivity contribution in [3.05, 3.63) is 29.6 Å². The summed E-state index contributed by atoms with van der Waals surface area (Å²) in [5.74, 6) is 0. The number of carbonyl (C=O) groups excluding carboxylic acids is 1. The molecule has 144 valence electrons. The lowest BCUT2D eigenvalue weighted by Gasteiger charge is -2.27. The van der Waals surface area contributed by atoms with Crippen LogP contribution in [-0.4, -0.2) is 60.7 Å². The van der Waals surface area contributed by atoms with Crippen LogP contribution in [0, 0.1) is 11.3 Å². The highest BCUT2D eigenvalue weighted by Crippen LogP contribution is 2.16. The minimum absolute atomic E-state index is 0.345. The highest BCUT2D eigenvalue weighted by Gasteiger charge is 2.23. The summed E-state index contributed by atoms with van der Waals surface area (Å²) in [5, 5.41) is 12.2. The van der Waals surface area contributed by atoms with Gasteiger partial charge in [-0.1, -0.05) is 0 Å². The third-order valence-electron chi connectivity index (χ3n) is 3.63. The smallest absolute Gasteiger partial charge is 0.410 e. The van der Waals surface area contributed by atoms with Crippen LogP contribution in [0.5, 0.6) is 0 Å². The first-order chi connectivity index (χ1) is 12.2. The van der Waals surface area contributed by atoms with Crippen molar-refractivity contribution in [3.63, 3.8) is 0 Å². The van der Waals surface area contributed by atoms with Crippen LogP contribution < -0.4 is 5.32 Å². The highest BCUT2D eigenvalue weighted by molar-refractivity contribution is 5.68. The maximum absolute atomic E-state index is 12.6. The van der Waals surface area contributed by atoms with Crippen molar-refractivity contribution in [1.82, 2.24) is 20.1 Å². The molecule has 1 heterocycles. The van der Waals surface area contributed by atoms with E-state index in [0.29, 0.717) is 13.1 Å². The number of amides is 1. The van der Waals surface area contributed by atoms with Gasteiger partial charge in [0.1, 0.15) is 11.6 Å². The number of carbonyl (C=O) groups is 1. The number of ether oxygens (including phenoxy) is 1. The van der Waals surface area contributed by atoms with Crippen molar-refractivity contribution >= 4 is 6.09 Å². The Hall–Kier alpha value is -2.17. The van der Waals surface area contributed by atoms with E-state index in [1.54, 1.807) is 24.2 Å². The maximum Gasteiger partial charge on any atom is 0.410 e. The number of nitrogens with one attached hydrogen (secondary N) is 1. The number of aromatic nitrogens is 1. The topological polar surface area (TPSA) is 81.5 Å². The van der Waals surface area contributed by atoms with Crippen molar-refractivity contribution in [2.45, 2.75) is 45.4 Å². The first-order valence-corrected chi connectivity index (χ1v) is 8.80. The van der Waals surface area contributed by atoms with Gasteiger partial charge in [-0.2, -0.15) is 5.26 Å². The Morgan fingerprint density at radius 2 is 2.08 bits per heavy atom. The Bertz CT molecular complexity index is 619. The minimum atomic E-state index is -0.551. The Labute approximate surface area is 156 Å². The Morgan fingerprint density at radius 3 is 2.62 bits per heavy atom. The second kappa shape index (κ2) is 10.1. The van der Waals surface area contributed by atoms with Crippen LogP contribution in [0.1, 0.15) is 44.5 Å². The van der Waals surface area contributed by atoms with Crippen molar-refractivity contribution in [2.24, 2.45) is 0 Å². The van der Waals surface area contributed by atoms with Crippen molar-refractivity contribution < 1.29 is 9.53 Å². The van der Waals surface area contributed by atoms with Crippen LogP contribution in [0.2, 0.25) is 0 Å². The molecule has 1 atom stereocenters. The zero-order valence-electron chi connectivity index (χ0n) is 16.7. The van der Waals surface area contributed by atoms with Gasteiger partial charge in [0.15, 0.2) is 0 Å². The molecule has 1 N–H and O–H groups in total. The van der Waals surface area contributed by atoms with E-state index in [1.807, 2.05) is 40.9 Å². The third-order valence-corrected chi connectivity index (χ3v) is 3.63. The Balaban J connectivity index is 2.92. The van der Waals surface area contributed by atoms with E-state index in [9.17, 15) is 10.1 Å². The predicted molar refractivity (Wildman–Crippen MR) is 101 cm³/mol. The lowest BCUT2D eigenvalue weighted by Crippen LogP contribution is -2.38. The number of rotatable bonds is 8. The second-order valence-corrected chi connectivity index (χ2v) is 7.49. The molecule has 1 aromatic rings. The van der Waals surface area contributed by atoms with Gasteiger partial charge in [-0.05, 0) is 72.6 Å². The molecule has 0 saturated heterocycles. The van der Waals surface area contributed by atoms with Crippen molar-refractivity contribution in [1.29, 1.82) is 5.26 Å². The van der Waals surface area contributed by atoms with Gasteiger partial charge in [-0.15, -0.1) is 0 Å². The largest absolute Gasteiger partial charge is 0.444 e. The van der Waals surface area contributed by atoms with E-state index >= 15 is 0 Å². The number of nitriles is 1. The van der Waals surface area contributed by atoms with Gasteiger partial charge in [-0.3, -0.25) is 4.98 Å². The van der Waals surface area contributed by atoms with E-state index in [0.717, 1.165) is 24.2 Å². The molecule has 0 radical (unpaired) electrons. The first-order valence-electron chi connectivity index (χ1n) is 8.80. The summed E-state index contributed by atoms with van der Waals surface area (Å²) in [6.07, 6.45) is 2.15. The molecule has 0 aromatic carbocycles. The molecule has 0 aliphatic carbocycles. The third kappa shape index (κ3) is 7.81. The lowest BCUT2D eigenvalue weighted by atomic mass is 10.1. The van der Waals surface area contributed by atoms with E-state index < -0.39 is 11.6 Å². The van der Waals surface area contributed by atoms with Crippen molar-refractivity contribution in [2.75, 3.05) is 34.2 Å². The van der Waals surface area contributed by atoms with Gasteiger partial charge in [0, 0.05) is 12.7 Å². The van der Waals surface area contributed by atoms with E-state index in [1.165, 1.54) is 0 Å². The maximum atomic E-state index is 12.6. The molecule has 1 amide bonds. The van der Waals surface area contributed by atoms with Gasteiger partial charge in [0.05, 0.1) is 18.3 Å². The number of hydrogen-bond donors (Lipinski definition) is 1. The summed E-state index contributed by atoms with van der Waals surface area (Å²) < 4.78 is 5.53. The Morgan fingerprint density at radius 1 is 1.38 bits per heavy atom. The van der Waals surface area contributed by atoms with Crippen LogP contribution in [-0.2, 0) is 11.3 Å². The van der Waals surface area contributed by atoms with Crippen LogP contribution in [0.25, 0.3) is 0 Å². The summed E-state index contributed by atoms with van der Waals surface area (Å²) in [6, 6.07) is 5.46. The molecule has 0 spiro atoms. The zero-order chi connectivity index (χ0) is 19.7. The molecule has 1 unspecified atom stereocenters. The molecule has 1 aromatic heterocycles. The monoisotopic (exact) mass is 361 g/mol. The average molecular weight is 361 g/mol. The van der Waals surface area contributed by atoms with Crippen LogP contribution >= 0.6 is 0 Å². The zero-order valence-corrected chi connectivity index (χ0v) is 16.7. The summed E-state index contributed by atoms with van der Waals surface area (Å²) >= 11 is 0. The number of nitrogens with zero attached hydrogens (tertiary/aromatic N) is 4. The highest BCUT2D eigenvalue weighted by atomic mass is 16.6. The summed E-state index contributed by atoms with van der Waals surface area (Å²) in [7, 11) is 5.74. The number of hydrogen-bond acceptors (Lipinski definition) is 6. The molecule has 0 saturated carbocycles. The van der Waals surface area contributed by atoms with Gasteiger partial charge in [0.25, 0.3) is 0 Å². The quantitative estimate of drug-likeness (QED) is 0.766. The molecule has 26 heavy (non-hydrogen) atoms. The van der Waals surface area contributed by atoms with Crippen molar-refractivity contribution in [3.8, 4) is 6.07 Å². The predicted octanol–water partition coefficient (Wildman–Crippen LogP) is 2.55. The molecule has 1 rings (SSSR count).